The average Bonchev–Trinajstić information content (AvgIpc) is 3.00. The van der Waals surface area contributed by atoms with Crippen LogP contribution in [0.4, 0.5) is 0 Å². The maximum Gasteiger partial charge on any atom is 0.275 e. The summed E-state index contributed by atoms with van der Waals surface area (Å²) in [7, 11) is 0. The number of carbonyl (C=O) groups is 1. The summed E-state index contributed by atoms with van der Waals surface area (Å²) in [6, 6.07) is 5.23. The van der Waals surface area contributed by atoms with Gasteiger partial charge < -0.3 is 10.0 Å². The van der Waals surface area contributed by atoms with E-state index in [1.165, 1.54) is 6.20 Å². The van der Waals surface area contributed by atoms with Crippen LogP contribution in [0.15, 0.2) is 24.4 Å². The Morgan fingerprint density at radius 2 is 2.14 bits per heavy atom. The lowest BCUT2D eigenvalue weighted by molar-refractivity contribution is 0.0727. The van der Waals surface area contributed by atoms with Crippen LogP contribution < -0.4 is 0 Å². The molecule has 0 unspecified atom stereocenters. The molecule has 2 aromatic rings. The third-order valence-electron chi connectivity index (χ3n) is 2.81. The fraction of sp³-hybridized carbons (Fsp3) is 0.308. The van der Waals surface area contributed by atoms with Crippen LogP contribution in [0.1, 0.15) is 22.5 Å². The highest BCUT2D eigenvalue weighted by molar-refractivity contribution is 6.99. The average molecular weight is 346 g/mol. The van der Waals surface area contributed by atoms with E-state index in [1.807, 2.05) is 6.07 Å². The maximum absolute atomic E-state index is 12.4. The fourth-order valence-corrected chi connectivity index (χ4v) is 2.52. The molecule has 8 heteroatoms. The molecule has 0 spiro atoms. The van der Waals surface area contributed by atoms with Crippen LogP contribution in [0, 0.1) is 0 Å². The highest BCUT2D eigenvalue weighted by Crippen LogP contribution is 2.23. The van der Waals surface area contributed by atoms with Crippen molar-refractivity contribution in [3.63, 3.8) is 0 Å². The minimum atomic E-state index is -0.219. The summed E-state index contributed by atoms with van der Waals surface area (Å²) in [5.74, 6) is -0.219. The van der Waals surface area contributed by atoms with Crippen LogP contribution in [-0.2, 0) is 6.54 Å². The Bertz CT molecular complexity index is 607. The van der Waals surface area contributed by atoms with Crippen LogP contribution in [0.5, 0.6) is 0 Å². The third-order valence-corrected chi connectivity index (χ3v) is 4.03. The van der Waals surface area contributed by atoms with Crippen molar-refractivity contribution in [1.29, 1.82) is 0 Å². The minimum absolute atomic E-state index is 0.0144. The van der Waals surface area contributed by atoms with Gasteiger partial charge in [0.1, 0.15) is 0 Å². The zero-order chi connectivity index (χ0) is 15.2. The van der Waals surface area contributed by atoms with Gasteiger partial charge in [-0.15, -0.1) is 0 Å². The van der Waals surface area contributed by atoms with E-state index in [0.29, 0.717) is 35.2 Å². The first-order chi connectivity index (χ1) is 10.1. The lowest BCUT2D eigenvalue weighted by atomic mass is 10.2. The fourth-order valence-electron chi connectivity index (χ4n) is 1.79. The minimum Gasteiger partial charge on any atom is -0.396 e. The van der Waals surface area contributed by atoms with Gasteiger partial charge in [-0.3, -0.25) is 4.79 Å². The number of halogens is 2. The van der Waals surface area contributed by atoms with E-state index in [0.717, 1.165) is 17.3 Å². The summed E-state index contributed by atoms with van der Waals surface area (Å²) in [4.78, 5) is 14.0. The molecule has 1 aromatic heterocycles. The van der Waals surface area contributed by atoms with Crippen LogP contribution >= 0.6 is 34.9 Å². The first kappa shape index (κ1) is 16.2. The zero-order valence-corrected chi connectivity index (χ0v) is 13.3. The number of aliphatic hydroxyl groups is 1. The molecule has 1 aromatic carbocycles. The van der Waals surface area contributed by atoms with Gasteiger partial charge in [-0.25, -0.2) is 0 Å². The second-order valence-electron chi connectivity index (χ2n) is 4.35. The van der Waals surface area contributed by atoms with Crippen LogP contribution in [-0.4, -0.2) is 37.8 Å². The van der Waals surface area contributed by atoms with E-state index >= 15 is 0 Å². The van der Waals surface area contributed by atoms with Crippen molar-refractivity contribution < 1.29 is 9.90 Å². The van der Waals surface area contributed by atoms with Gasteiger partial charge in [-0.05, 0) is 24.1 Å². The first-order valence-corrected chi connectivity index (χ1v) is 7.72. The van der Waals surface area contributed by atoms with Crippen LogP contribution in [0.25, 0.3) is 0 Å². The van der Waals surface area contributed by atoms with Crippen molar-refractivity contribution in [2.24, 2.45) is 0 Å². The first-order valence-electron chi connectivity index (χ1n) is 6.23. The third kappa shape index (κ3) is 4.38. The Balaban J connectivity index is 2.15. The van der Waals surface area contributed by atoms with Crippen LogP contribution in [0.2, 0.25) is 10.0 Å². The number of aromatic nitrogens is 2. The predicted molar refractivity (Wildman–Crippen MR) is 82.8 cm³/mol. The number of benzene rings is 1. The predicted octanol–water partition coefficient (Wildman–Crippen LogP) is 2.87. The largest absolute Gasteiger partial charge is 0.396 e. The summed E-state index contributed by atoms with van der Waals surface area (Å²) >= 11 is 12.9. The summed E-state index contributed by atoms with van der Waals surface area (Å²) < 4.78 is 7.78. The number of carbonyl (C=O) groups excluding carboxylic acids is 1. The molecule has 1 amide bonds. The van der Waals surface area contributed by atoms with Crippen molar-refractivity contribution in [2.75, 3.05) is 13.2 Å². The van der Waals surface area contributed by atoms with E-state index in [-0.39, 0.29) is 12.5 Å². The lowest BCUT2D eigenvalue weighted by Gasteiger charge is -2.21. The molecule has 0 bridgehead atoms. The lowest BCUT2D eigenvalue weighted by Crippen LogP contribution is -2.32. The van der Waals surface area contributed by atoms with Gasteiger partial charge in [0.15, 0.2) is 5.69 Å². The molecule has 0 fully saturated rings. The topological polar surface area (TPSA) is 66.3 Å². The second-order valence-corrected chi connectivity index (χ2v) is 5.72. The van der Waals surface area contributed by atoms with Crippen molar-refractivity contribution in [3.8, 4) is 0 Å². The Kier molecular flexibility index (Phi) is 5.93. The van der Waals surface area contributed by atoms with E-state index in [9.17, 15) is 4.79 Å². The molecular weight excluding hydrogens is 333 g/mol. The number of rotatable bonds is 6. The molecule has 1 N–H and O–H groups in total. The second kappa shape index (κ2) is 7.70. The van der Waals surface area contributed by atoms with Crippen molar-refractivity contribution in [1.82, 2.24) is 13.6 Å². The molecule has 112 valence electrons. The molecule has 0 aliphatic carbocycles. The SMILES string of the molecule is O=C(c1cnsn1)N(CCCO)Cc1ccc(Cl)c(Cl)c1. The Labute approximate surface area is 136 Å². The summed E-state index contributed by atoms with van der Waals surface area (Å²) in [6.45, 7) is 0.806. The van der Waals surface area contributed by atoms with E-state index in [4.69, 9.17) is 28.3 Å². The van der Waals surface area contributed by atoms with Gasteiger partial charge in [0.05, 0.1) is 28.0 Å². The molecule has 21 heavy (non-hydrogen) atoms. The summed E-state index contributed by atoms with van der Waals surface area (Å²) in [5, 5.41) is 9.88. The molecule has 0 saturated carbocycles. The van der Waals surface area contributed by atoms with Crippen molar-refractivity contribution >= 4 is 40.8 Å². The van der Waals surface area contributed by atoms with Gasteiger partial charge in [-0.1, -0.05) is 29.3 Å². The number of nitrogens with zero attached hydrogens (tertiary/aromatic N) is 3. The van der Waals surface area contributed by atoms with E-state index < -0.39 is 0 Å². The molecule has 0 saturated heterocycles. The van der Waals surface area contributed by atoms with E-state index in [2.05, 4.69) is 8.75 Å². The van der Waals surface area contributed by atoms with Gasteiger partial charge in [0.2, 0.25) is 0 Å². The highest BCUT2D eigenvalue weighted by atomic mass is 35.5. The summed E-state index contributed by atoms with van der Waals surface area (Å²) in [5.41, 5.74) is 1.16. The highest BCUT2D eigenvalue weighted by Gasteiger charge is 2.18. The Hall–Kier alpha value is -1.21. The molecule has 0 aliphatic heterocycles. The Morgan fingerprint density at radius 3 is 2.76 bits per heavy atom. The normalized spacial score (nSPS) is 10.6. The zero-order valence-electron chi connectivity index (χ0n) is 11.0. The van der Waals surface area contributed by atoms with Gasteiger partial charge in [0.25, 0.3) is 5.91 Å². The molecule has 5 nitrogen and oxygen atoms in total. The molecule has 0 atom stereocenters. The molecule has 0 aliphatic rings. The van der Waals surface area contributed by atoms with Crippen molar-refractivity contribution in [3.05, 3.63) is 45.7 Å². The van der Waals surface area contributed by atoms with Gasteiger partial charge in [-0.2, -0.15) is 8.75 Å². The molecule has 1 heterocycles. The Morgan fingerprint density at radius 1 is 1.33 bits per heavy atom. The van der Waals surface area contributed by atoms with E-state index in [1.54, 1.807) is 17.0 Å². The quantitative estimate of drug-likeness (QED) is 0.873. The summed E-state index contributed by atoms with van der Waals surface area (Å²) in [6.07, 6.45) is 1.93. The number of amides is 1. The monoisotopic (exact) mass is 345 g/mol. The van der Waals surface area contributed by atoms with Crippen molar-refractivity contribution in [2.45, 2.75) is 13.0 Å². The molecule has 2 rings (SSSR count). The standard InChI is InChI=1S/C13H13Cl2N3O2S/c14-10-3-2-9(6-11(10)15)8-18(4-1-5-19)13(20)12-7-16-21-17-12/h2-3,6-7,19H,1,4-5,8H2. The number of hydrogen-bond acceptors (Lipinski definition) is 5. The maximum atomic E-state index is 12.4. The van der Waals surface area contributed by atoms with Gasteiger partial charge in [0, 0.05) is 19.7 Å². The smallest absolute Gasteiger partial charge is 0.275 e. The molecular formula is C13H13Cl2N3O2S. The molecule has 0 radical (unpaired) electrons. The van der Waals surface area contributed by atoms with Gasteiger partial charge >= 0.3 is 0 Å². The number of hydrogen-bond donors (Lipinski definition) is 1. The van der Waals surface area contributed by atoms with Crippen LogP contribution in [0.3, 0.4) is 0 Å². The number of aliphatic hydroxyl groups excluding tert-OH is 1.